The van der Waals surface area contributed by atoms with E-state index in [4.69, 9.17) is 0 Å². The first-order chi connectivity index (χ1) is 9.28. The number of nitrogens with one attached hydrogen (secondary N) is 1. The molecule has 0 spiro atoms. The van der Waals surface area contributed by atoms with Crippen LogP contribution in [0.2, 0.25) is 0 Å². The van der Waals surface area contributed by atoms with Gasteiger partial charge in [-0.15, -0.1) is 0 Å². The van der Waals surface area contributed by atoms with E-state index >= 15 is 0 Å². The summed E-state index contributed by atoms with van der Waals surface area (Å²) in [6.45, 7) is 18.5. The van der Waals surface area contributed by atoms with Crippen LogP contribution in [0.3, 0.4) is 0 Å². The molecule has 0 unspecified atom stereocenters. The second-order valence-corrected chi connectivity index (χ2v) is 5.33. The van der Waals surface area contributed by atoms with Gasteiger partial charge < -0.3 is 15.1 Å². The molecule has 3 nitrogen and oxygen atoms in total. The molecule has 116 valence electrons. The van der Waals surface area contributed by atoms with Crippen molar-refractivity contribution < 1.29 is 0 Å². The lowest BCUT2D eigenvalue weighted by Crippen LogP contribution is -2.37. The lowest BCUT2D eigenvalue weighted by molar-refractivity contribution is 0.258. The van der Waals surface area contributed by atoms with Crippen molar-refractivity contribution in [2.24, 2.45) is 0 Å². The van der Waals surface area contributed by atoms with Crippen LogP contribution < -0.4 is 5.32 Å². The fourth-order valence-corrected chi connectivity index (χ4v) is 2.24. The van der Waals surface area contributed by atoms with E-state index in [0.29, 0.717) is 0 Å². The molecule has 19 heavy (non-hydrogen) atoms. The van der Waals surface area contributed by atoms with Gasteiger partial charge in [-0.05, 0) is 39.0 Å². The summed E-state index contributed by atoms with van der Waals surface area (Å²) in [5, 5.41) is 3.58. The molecule has 0 rings (SSSR count). The molecule has 0 aromatic heterocycles. The van der Waals surface area contributed by atoms with Crippen LogP contribution in [0, 0.1) is 0 Å². The van der Waals surface area contributed by atoms with Gasteiger partial charge >= 0.3 is 0 Å². The van der Waals surface area contributed by atoms with Crippen molar-refractivity contribution in [3.8, 4) is 0 Å². The van der Waals surface area contributed by atoms with Crippen molar-refractivity contribution in [3.05, 3.63) is 0 Å². The predicted octanol–water partition coefficient (Wildman–Crippen LogP) is 2.82. The first-order valence-corrected chi connectivity index (χ1v) is 8.43. The minimum absolute atomic E-state index is 1.12. The molecule has 0 saturated carbocycles. The maximum absolute atomic E-state index is 3.58. The summed E-state index contributed by atoms with van der Waals surface area (Å²) >= 11 is 0. The Bertz CT molecular complexity index is 161. The van der Waals surface area contributed by atoms with Crippen LogP contribution in [0.15, 0.2) is 0 Å². The molecule has 0 radical (unpaired) electrons. The van der Waals surface area contributed by atoms with Crippen LogP contribution in [0.1, 0.15) is 53.4 Å². The normalized spacial score (nSPS) is 11.7. The minimum atomic E-state index is 1.12. The highest BCUT2D eigenvalue weighted by atomic mass is 15.1. The van der Waals surface area contributed by atoms with Gasteiger partial charge in [0.05, 0.1) is 0 Å². The zero-order valence-corrected chi connectivity index (χ0v) is 13.9. The maximum atomic E-state index is 3.58. The Morgan fingerprint density at radius 2 is 1.11 bits per heavy atom. The van der Waals surface area contributed by atoms with Crippen molar-refractivity contribution in [2.45, 2.75) is 53.4 Å². The first-order valence-electron chi connectivity index (χ1n) is 8.43. The Balaban J connectivity index is 3.61. The van der Waals surface area contributed by atoms with E-state index in [1.165, 1.54) is 51.9 Å². The zero-order valence-electron chi connectivity index (χ0n) is 13.9. The summed E-state index contributed by atoms with van der Waals surface area (Å²) < 4.78 is 0. The van der Waals surface area contributed by atoms with Gasteiger partial charge in [0.25, 0.3) is 0 Å². The van der Waals surface area contributed by atoms with Crippen LogP contribution in [0.4, 0.5) is 0 Å². The van der Waals surface area contributed by atoms with Crippen LogP contribution in [-0.2, 0) is 0 Å². The van der Waals surface area contributed by atoms with Gasteiger partial charge in [-0.2, -0.15) is 0 Å². The van der Waals surface area contributed by atoms with E-state index in [1.54, 1.807) is 0 Å². The summed E-state index contributed by atoms with van der Waals surface area (Å²) in [6.07, 6.45) is 5.28. The largest absolute Gasteiger partial charge is 0.314 e. The fourth-order valence-electron chi connectivity index (χ4n) is 2.24. The standard InChI is InChI=1S/C16H37N3/c1-5-9-13-19(14-10-6-2)16-12-17-11-15-18(7-3)8-4/h17H,5-16H2,1-4H3. The van der Waals surface area contributed by atoms with Gasteiger partial charge in [-0.25, -0.2) is 0 Å². The summed E-state index contributed by atoms with van der Waals surface area (Å²) in [6, 6.07) is 0. The van der Waals surface area contributed by atoms with Crippen LogP contribution in [-0.4, -0.2) is 62.2 Å². The summed E-state index contributed by atoms with van der Waals surface area (Å²) in [4.78, 5) is 5.09. The van der Waals surface area contributed by atoms with Gasteiger partial charge in [0.1, 0.15) is 0 Å². The SMILES string of the molecule is CCCCN(CCCC)CCNCCN(CC)CC. The Kier molecular flexibility index (Phi) is 14.2. The Labute approximate surface area is 121 Å². The predicted molar refractivity (Wildman–Crippen MR) is 86.9 cm³/mol. The molecule has 0 aliphatic rings. The zero-order chi connectivity index (χ0) is 14.3. The Morgan fingerprint density at radius 3 is 1.53 bits per heavy atom. The topological polar surface area (TPSA) is 18.5 Å². The van der Waals surface area contributed by atoms with E-state index in [-0.39, 0.29) is 0 Å². The quantitative estimate of drug-likeness (QED) is 0.490. The van der Waals surface area contributed by atoms with Gasteiger partial charge in [0.15, 0.2) is 0 Å². The number of hydrogen-bond acceptors (Lipinski definition) is 3. The van der Waals surface area contributed by atoms with Gasteiger partial charge in [-0.3, -0.25) is 0 Å². The lowest BCUT2D eigenvalue weighted by Gasteiger charge is -2.23. The minimum Gasteiger partial charge on any atom is -0.314 e. The van der Waals surface area contributed by atoms with Gasteiger partial charge in [0, 0.05) is 26.2 Å². The lowest BCUT2D eigenvalue weighted by atomic mass is 10.2. The second kappa shape index (κ2) is 14.3. The molecule has 0 aliphatic heterocycles. The van der Waals surface area contributed by atoms with Gasteiger partial charge in [0.2, 0.25) is 0 Å². The highest BCUT2D eigenvalue weighted by Crippen LogP contribution is 1.98. The number of nitrogens with zero attached hydrogens (tertiary/aromatic N) is 2. The van der Waals surface area contributed by atoms with Gasteiger partial charge in [-0.1, -0.05) is 40.5 Å². The van der Waals surface area contributed by atoms with Crippen molar-refractivity contribution in [1.29, 1.82) is 0 Å². The van der Waals surface area contributed by atoms with Crippen LogP contribution in [0.5, 0.6) is 0 Å². The van der Waals surface area contributed by atoms with E-state index in [2.05, 4.69) is 42.8 Å². The number of hydrogen-bond donors (Lipinski definition) is 1. The smallest absolute Gasteiger partial charge is 0.0107 e. The third kappa shape index (κ3) is 11.4. The monoisotopic (exact) mass is 271 g/mol. The molecule has 1 N–H and O–H groups in total. The van der Waals surface area contributed by atoms with E-state index < -0.39 is 0 Å². The number of likely N-dealkylation sites (N-methyl/N-ethyl adjacent to an activating group) is 1. The maximum Gasteiger partial charge on any atom is 0.0107 e. The van der Waals surface area contributed by atoms with E-state index in [9.17, 15) is 0 Å². The third-order valence-corrected chi connectivity index (χ3v) is 3.76. The molecule has 0 aromatic rings. The van der Waals surface area contributed by atoms with E-state index in [1.807, 2.05) is 0 Å². The van der Waals surface area contributed by atoms with E-state index in [0.717, 1.165) is 26.2 Å². The first kappa shape index (κ1) is 18.9. The van der Waals surface area contributed by atoms with Crippen LogP contribution >= 0.6 is 0 Å². The molecule has 0 fully saturated rings. The molecular formula is C16H37N3. The number of unbranched alkanes of at least 4 members (excludes halogenated alkanes) is 2. The summed E-state index contributed by atoms with van der Waals surface area (Å²) in [5.74, 6) is 0. The molecule has 0 heterocycles. The molecule has 0 aromatic carbocycles. The average Bonchev–Trinajstić information content (AvgIpc) is 2.44. The molecule has 0 saturated heterocycles. The highest BCUT2D eigenvalue weighted by molar-refractivity contribution is 4.61. The summed E-state index contributed by atoms with van der Waals surface area (Å²) in [7, 11) is 0. The second-order valence-electron chi connectivity index (χ2n) is 5.33. The van der Waals surface area contributed by atoms with Crippen LogP contribution in [0.25, 0.3) is 0 Å². The van der Waals surface area contributed by atoms with Crippen molar-refractivity contribution in [1.82, 2.24) is 15.1 Å². The van der Waals surface area contributed by atoms with Crippen molar-refractivity contribution in [3.63, 3.8) is 0 Å². The average molecular weight is 271 g/mol. The van der Waals surface area contributed by atoms with Crippen molar-refractivity contribution >= 4 is 0 Å². The molecule has 0 bridgehead atoms. The highest BCUT2D eigenvalue weighted by Gasteiger charge is 2.03. The fraction of sp³-hybridized carbons (Fsp3) is 1.00. The number of rotatable bonds is 14. The molecule has 0 amide bonds. The Hall–Kier alpha value is -0.120. The summed E-state index contributed by atoms with van der Waals surface area (Å²) in [5.41, 5.74) is 0. The molecule has 0 atom stereocenters. The Morgan fingerprint density at radius 1 is 0.632 bits per heavy atom. The van der Waals surface area contributed by atoms with Crippen molar-refractivity contribution in [2.75, 3.05) is 52.4 Å². The molecular weight excluding hydrogens is 234 g/mol. The molecule has 3 heteroatoms. The third-order valence-electron chi connectivity index (χ3n) is 3.76. The molecule has 0 aliphatic carbocycles.